The molecule has 2 heterocycles. The summed E-state index contributed by atoms with van der Waals surface area (Å²) in [6.07, 6.45) is 3.82. The Balaban J connectivity index is 1.51. The zero-order valence-electron chi connectivity index (χ0n) is 15.9. The van der Waals surface area contributed by atoms with Crippen LogP contribution in [-0.4, -0.2) is 20.8 Å². The van der Waals surface area contributed by atoms with Crippen LogP contribution in [0.4, 0.5) is 0 Å². The Labute approximate surface area is 174 Å². The molecule has 0 bridgehead atoms. The molecule has 0 N–H and O–H groups in total. The van der Waals surface area contributed by atoms with E-state index in [9.17, 15) is 4.79 Å². The van der Waals surface area contributed by atoms with Crippen LogP contribution in [-0.2, 0) is 24.3 Å². The zero-order chi connectivity index (χ0) is 19.9. The van der Waals surface area contributed by atoms with Gasteiger partial charge in [-0.3, -0.25) is 9.78 Å². The van der Waals surface area contributed by atoms with Gasteiger partial charge in [0.15, 0.2) is 0 Å². The molecule has 0 saturated carbocycles. The van der Waals surface area contributed by atoms with Gasteiger partial charge in [0.2, 0.25) is 5.91 Å². The van der Waals surface area contributed by atoms with Crippen LogP contribution in [0.2, 0.25) is 0 Å². The number of aromatic nitrogens is 2. The van der Waals surface area contributed by atoms with Crippen molar-refractivity contribution in [3.05, 3.63) is 107 Å². The lowest BCUT2D eigenvalue weighted by Gasteiger charge is -2.23. The number of rotatable bonds is 7. The molecule has 144 valence electrons. The summed E-state index contributed by atoms with van der Waals surface area (Å²) >= 11 is 1.54. The van der Waals surface area contributed by atoms with Crippen molar-refractivity contribution < 1.29 is 4.79 Å². The third-order valence-corrected chi connectivity index (χ3v) is 5.52. The lowest BCUT2D eigenvalue weighted by molar-refractivity contribution is -0.131. The highest BCUT2D eigenvalue weighted by atomic mass is 32.1. The second-order valence-electron chi connectivity index (χ2n) is 6.78. The van der Waals surface area contributed by atoms with Crippen molar-refractivity contribution in [2.45, 2.75) is 19.5 Å². The van der Waals surface area contributed by atoms with E-state index in [1.54, 1.807) is 23.7 Å². The van der Waals surface area contributed by atoms with E-state index in [-0.39, 0.29) is 12.3 Å². The maximum atomic E-state index is 13.1. The fraction of sp³-hybridized carbons (Fsp3) is 0.125. The van der Waals surface area contributed by atoms with Gasteiger partial charge >= 0.3 is 0 Å². The second-order valence-corrected chi connectivity index (χ2v) is 7.64. The van der Waals surface area contributed by atoms with Gasteiger partial charge in [0.25, 0.3) is 0 Å². The maximum Gasteiger partial charge on any atom is 0.229 e. The van der Waals surface area contributed by atoms with Gasteiger partial charge in [0.05, 0.1) is 12.1 Å². The van der Waals surface area contributed by atoms with E-state index in [4.69, 9.17) is 0 Å². The topological polar surface area (TPSA) is 46.1 Å². The predicted molar refractivity (Wildman–Crippen MR) is 116 cm³/mol. The number of amides is 1. The van der Waals surface area contributed by atoms with Crippen molar-refractivity contribution >= 4 is 17.2 Å². The molecule has 0 radical (unpaired) electrons. The van der Waals surface area contributed by atoms with Crippen LogP contribution in [0.25, 0.3) is 10.6 Å². The molecule has 0 aliphatic rings. The maximum absolute atomic E-state index is 13.1. The number of carbonyl (C=O) groups excluding carboxylic acids is 1. The highest BCUT2D eigenvalue weighted by molar-refractivity contribution is 7.13. The average Bonchev–Trinajstić information content (AvgIpc) is 3.24. The fourth-order valence-corrected chi connectivity index (χ4v) is 3.93. The molecule has 0 saturated heterocycles. The van der Waals surface area contributed by atoms with Gasteiger partial charge in [-0.25, -0.2) is 4.98 Å². The van der Waals surface area contributed by atoms with Crippen LogP contribution < -0.4 is 0 Å². The molecular formula is C24H21N3OS. The minimum absolute atomic E-state index is 0.0701. The van der Waals surface area contributed by atoms with Crippen molar-refractivity contribution in [2.75, 3.05) is 0 Å². The summed E-state index contributed by atoms with van der Waals surface area (Å²) < 4.78 is 0. The van der Waals surface area contributed by atoms with Gasteiger partial charge in [-0.1, -0.05) is 60.7 Å². The van der Waals surface area contributed by atoms with Crippen molar-refractivity contribution in [3.63, 3.8) is 0 Å². The molecule has 0 aliphatic heterocycles. The van der Waals surface area contributed by atoms with Crippen LogP contribution >= 0.6 is 11.3 Å². The van der Waals surface area contributed by atoms with E-state index < -0.39 is 0 Å². The Kier molecular flexibility index (Phi) is 6.07. The van der Waals surface area contributed by atoms with Gasteiger partial charge in [-0.15, -0.1) is 11.3 Å². The Morgan fingerprint density at radius 3 is 2.10 bits per heavy atom. The van der Waals surface area contributed by atoms with Crippen LogP contribution in [0.1, 0.15) is 16.8 Å². The Bertz CT molecular complexity index is 1010. The van der Waals surface area contributed by atoms with Crippen molar-refractivity contribution in [1.82, 2.24) is 14.9 Å². The highest BCUT2D eigenvalue weighted by Crippen LogP contribution is 2.23. The fourth-order valence-electron chi connectivity index (χ4n) is 3.12. The number of pyridine rings is 1. The molecule has 0 fully saturated rings. The van der Waals surface area contributed by atoms with E-state index in [1.807, 2.05) is 58.8 Å². The molecule has 2 aromatic heterocycles. The van der Waals surface area contributed by atoms with E-state index in [0.29, 0.717) is 13.1 Å². The first-order chi connectivity index (χ1) is 14.3. The molecule has 2 aromatic carbocycles. The smallest absolute Gasteiger partial charge is 0.229 e. The summed E-state index contributed by atoms with van der Waals surface area (Å²) in [5, 5.41) is 2.85. The summed E-state index contributed by atoms with van der Waals surface area (Å²) in [4.78, 5) is 23.8. The first-order valence-electron chi connectivity index (χ1n) is 9.48. The molecule has 1 amide bonds. The molecule has 4 aromatic rings. The van der Waals surface area contributed by atoms with E-state index in [2.05, 4.69) is 34.2 Å². The summed E-state index contributed by atoms with van der Waals surface area (Å²) in [5.74, 6) is 0.0701. The molecule has 0 aliphatic carbocycles. The minimum Gasteiger partial charge on any atom is -0.334 e. The lowest BCUT2D eigenvalue weighted by atomic mass is 10.1. The number of nitrogens with zero attached hydrogens (tertiary/aromatic N) is 3. The van der Waals surface area contributed by atoms with Gasteiger partial charge in [0, 0.05) is 36.4 Å². The Hall–Kier alpha value is -3.31. The molecule has 0 spiro atoms. The molecule has 0 atom stereocenters. The van der Waals surface area contributed by atoms with Crippen molar-refractivity contribution in [2.24, 2.45) is 0 Å². The lowest BCUT2D eigenvalue weighted by Crippen LogP contribution is -2.31. The van der Waals surface area contributed by atoms with Crippen molar-refractivity contribution in [3.8, 4) is 10.6 Å². The Morgan fingerprint density at radius 2 is 1.52 bits per heavy atom. The van der Waals surface area contributed by atoms with E-state index in [1.165, 1.54) is 0 Å². The highest BCUT2D eigenvalue weighted by Gasteiger charge is 2.17. The third-order valence-electron chi connectivity index (χ3n) is 4.58. The van der Waals surface area contributed by atoms with Gasteiger partial charge in [0.1, 0.15) is 5.01 Å². The number of benzene rings is 2. The van der Waals surface area contributed by atoms with Gasteiger partial charge in [-0.05, 0) is 23.3 Å². The number of hydrogen-bond acceptors (Lipinski definition) is 4. The third kappa shape index (κ3) is 5.15. The number of hydrogen-bond donors (Lipinski definition) is 0. The van der Waals surface area contributed by atoms with Crippen LogP contribution in [0, 0.1) is 0 Å². The van der Waals surface area contributed by atoms with Crippen LogP contribution in [0.15, 0.2) is 90.6 Å². The summed E-state index contributed by atoms with van der Waals surface area (Å²) in [7, 11) is 0. The van der Waals surface area contributed by atoms with Gasteiger partial charge in [-0.2, -0.15) is 0 Å². The van der Waals surface area contributed by atoms with Crippen molar-refractivity contribution in [1.29, 1.82) is 0 Å². The summed E-state index contributed by atoms with van der Waals surface area (Å²) in [6.45, 7) is 1.16. The minimum atomic E-state index is 0.0701. The first-order valence-corrected chi connectivity index (χ1v) is 10.4. The first kappa shape index (κ1) is 19.0. The molecule has 4 nitrogen and oxygen atoms in total. The molecular weight excluding hydrogens is 378 g/mol. The van der Waals surface area contributed by atoms with E-state index >= 15 is 0 Å². The standard InChI is InChI=1S/C24H21N3OS/c28-23(14-22-18-29-24(26-22)21-12-7-13-25-15-21)27(16-19-8-3-1-4-9-19)17-20-10-5-2-6-11-20/h1-13,15,18H,14,16-17H2. The number of carbonyl (C=O) groups is 1. The average molecular weight is 400 g/mol. The normalized spacial score (nSPS) is 10.6. The molecule has 29 heavy (non-hydrogen) atoms. The summed E-state index contributed by atoms with van der Waals surface area (Å²) in [6, 6.07) is 24.1. The quantitative estimate of drug-likeness (QED) is 0.440. The van der Waals surface area contributed by atoms with Gasteiger partial charge < -0.3 is 4.90 Å². The molecule has 5 heteroatoms. The molecule has 0 unspecified atom stereocenters. The monoisotopic (exact) mass is 399 g/mol. The Morgan fingerprint density at radius 1 is 0.862 bits per heavy atom. The predicted octanol–water partition coefficient (Wildman–Crippen LogP) is 4.98. The molecule has 4 rings (SSSR count). The van der Waals surface area contributed by atoms with Crippen LogP contribution in [0.3, 0.4) is 0 Å². The summed E-state index contributed by atoms with van der Waals surface area (Å²) in [5.41, 5.74) is 4.00. The largest absolute Gasteiger partial charge is 0.334 e. The second kappa shape index (κ2) is 9.26. The zero-order valence-corrected chi connectivity index (χ0v) is 16.8. The van der Waals surface area contributed by atoms with Crippen LogP contribution in [0.5, 0.6) is 0 Å². The number of thiazole rings is 1. The SMILES string of the molecule is O=C(Cc1csc(-c2cccnc2)n1)N(Cc1ccccc1)Cc1ccccc1. The van der Waals surface area contributed by atoms with E-state index in [0.717, 1.165) is 27.4 Å².